The van der Waals surface area contributed by atoms with Crippen molar-refractivity contribution >= 4 is 11.9 Å². The third-order valence-electron chi connectivity index (χ3n) is 2.36. The van der Waals surface area contributed by atoms with Crippen LogP contribution in [0.5, 0.6) is 0 Å². The van der Waals surface area contributed by atoms with Crippen LogP contribution in [0.2, 0.25) is 0 Å². The number of carboxylic acids is 1. The highest BCUT2D eigenvalue weighted by Crippen LogP contribution is 2.02. The molecule has 0 aliphatic carbocycles. The lowest BCUT2D eigenvalue weighted by molar-refractivity contribution is -0.141. The minimum atomic E-state index is -0.817. The Bertz CT molecular complexity index is 204. The van der Waals surface area contributed by atoms with Crippen molar-refractivity contribution < 1.29 is 14.7 Å². The fourth-order valence-electron chi connectivity index (χ4n) is 0.895. The van der Waals surface area contributed by atoms with Crippen LogP contribution in [-0.2, 0) is 9.59 Å². The molecular weight excluding hydrogens is 182 g/mol. The van der Waals surface area contributed by atoms with Gasteiger partial charge in [-0.15, -0.1) is 0 Å². The van der Waals surface area contributed by atoms with E-state index in [1.807, 2.05) is 13.8 Å². The van der Waals surface area contributed by atoms with Gasteiger partial charge in [0, 0.05) is 12.5 Å². The van der Waals surface area contributed by atoms with E-state index in [9.17, 15) is 9.59 Å². The summed E-state index contributed by atoms with van der Waals surface area (Å²) in [6, 6.07) is 0. The molecule has 1 amide bonds. The number of amides is 1. The van der Waals surface area contributed by atoms with Crippen LogP contribution in [-0.4, -0.2) is 23.5 Å². The van der Waals surface area contributed by atoms with E-state index >= 15 is 0 Å². The zero-order valence-corrected chi connectivity index (χ0v) is 9.04. The number of rotatable bonds is 6. The first-order chi connectivity index (χ1) is 6.49. The first-order valence-corrected chi connectivity index (χ1v) is 4.99. The van der Waals surface area contributed by atoms with Crippen molar-refractivity contribution in [1.29, 1.82) is 0 Å². The van der Waals surface area contributed by atoms with Crippen LogP contribution in [0.3, 0.4) is 0 Å². The number of hydrogen-bond donors (Lipinski definition) is 2. The summed E-state index contributed by atoms with van der Waals surface area (Å²) in [5.74, 6) is -1.20. The van der Waals surface area contributed by atoms with E-state index in [1.165, 1.54) is 0 Å². The molecule has 0 fully saturated rings. The summed E-state index contributed by atoms with van der Waals surface area (Å²) in [4.78, 5) is 21.7. The number of hydrogen-bond acceptors (Lipinski definition) is 2. The number of nitrogens with one attached hydrogen (secondary N) is 1. The van der Waals surface area contributed by atoms with Gasteiger partial charge in [-0.1, -0.05) is 20.8 Å². The van der Waals surface area contributed by atoms with Crippen LogP contribution in [0.4, 0.5) is 0 Å². The Morgan fingerprint density at radius 1 is 1.29 bits per heavy atom. The van der Waals surface area contributed by atoms with Gasteiger partial charge in [-0.25, -0.2) is 0 Å². The van der Waals surface area contributed by atoms with Crippen molar-refractivity contribution in [2.45, 2.75) is 33.6 Å². The van der Waals surface area contributed by atoms with Crippen LogP contribution < -0.4 is 5.32 Å². The van der Waals surface area contributed by atoms with Gasteiger partial charge in [0.2, 0.25) is 5.91 Å². The maximum Gasteiger partial charge on any atom is 0.306 e. The predicted octanol–water partition coefficient (Wildman–Crippen LogP) is 1.26. The lowest BCUT2D eigenvalue weighted by atomic mass is 10.1. The topological polar surface area (TPSA) is 66.4 Å². The molecule has 0 aromatic carbocycles. The molecule has 0 rings (SSSR count). The van der Waals surface area contributed by atoms with E-state index in [4.69, 9.17) is 5.11 Å². The molecule has 4 nitrogen and oxygen atoms in total. The molecule has 2 N–H and O–H groups in total. The van der Waals surface area contributed by atoms with Crippen molar-refractivity contribution in [2.75, 3.05) is 6.54 Å². The van der Waals surface area contributed by atoms with Gasteiger partial charge in [0.05, 0.1) is 5.92 Å². The van der Waals surface area contributed by atoms with Crippen molar-refractivity contribution in [2.24, 2.45) is 11.8 Å². The second kappa shape index (κ2) is 6.40. The third-order valence-corrected chi connectivity index (χ3v) is 2.36. The van der Waals surface area contributed by atoms with Gasteiger partial charge in [-0.2, -0.15) is 0 Å². The van der Waals surface area contributed by atoms with Gasteiger partial charge >= 0.3 is 5.97 Å². The van der Waals surface area contributed by atoms with Crippen molar-refractivity contribution in [3.05, 3.63) is 0 Å². The van der Waals surface area contributed by atoms with Crippen LogP contribution in [0.25, 0.3) is 0 Å². The highest BCUT2D eigenvalue weighted by molar-refractivity contribution is 5.78. The van der Waals surface area contributed by atoms with Crippen molar-refractivity contribution in [3.8, 4) is 0 Å². The van der Waals surface area contributed by atoms with E-state index in [2.05, 4.69) is 5.32 Å². The summed E-state index contributed by atoms with van der Waals surface area (Å²) in [7, 11) is 0. The largest absolute Gasteiger partial charge is 0.481 e. The Morgan fingerprint density at radius 2 is 1.86 bits per heavy atom. The van der Waals surface area contributed by atoms with Gasteiger partial charge < -0.3 is 10.4 Å². The Morgan fingerprint density at radius 3 is 2.29 bits per heavy atom. The number of carboxylic acid groups (broad SMARTS) is 1. The Balaban J connectivity index is 3.64. The Hall–Kier alpha value is -1.06. The van der Waals surface area contributed by atoms with E-state index in [0.717, 1.165) is 6.42 Å². The number of aliphatic carboxylic acids is 1. The van der Waals surface area contributed by atoms with Gasteiger partial charge in [0.15, 0.2) is 0 Å². The summed E-state index contributed by atoms with van der Waals surface area (Å²) in [6.45, 7) is 5.88. The fourth-order valence-corrected chi connectivity index (χ4v) is 0.895. The Kier molecular flexibility index (Phi) is 5.92. The lowest BCUT2D eigenvalue weighted by Crippen LogP contribution is -2.31. The van der Waals surface area contributed by atoms with E-state index in [-0.39, 0.29) is 11.8 Å². The normalized spacial score (nSPS) is 14.5. The molecule has 0 aliphatic rings. The smallest absolute Gasteiger partial charge is 0.306 e. The minimum Gasteiger partial charge on any atom is -0.481 e. The quantitative estimate of drug-likeness (QED) is 0.680. The van der Waals surface area contributed by atoms with Crippen LogP contribution in [0.15, 0.2) is 0 Å². The molecule has 82 valence electrons. The molecule has 2 unspecified atom stereocenters. The molecule has 0 aromatic heterocycles. The highest BCUT2D eigenvalue weighted by Gasteiger charge is 2.13. The Labute approximate surface area is 84.7 Å². The van der Waals surface area contributed by atoms with Gasteiger partial charge in [0.25, 0.3) is 0 Å². The highest BCUT2D eigenvalue weighted by atomic mass is 16.4. The summed E-state index contributed by atoms with van der Waals surface area (Å²) in [5, 5.41) is 11.3. The molecule has 0 spiro atoms. The first-order valence-electron chi connectivity index (χ1n) is 4.99. The zero-order chi connectivity index (χ0) is 11.1. The van der Waals surface area contributed by atoms with Crippen LogP contribution in [0.1, 0.15) is 33.6 Å². The molecule has 0 aliphatic heterocycles. The van der Waals surface area contributed by atoms with E-state index in [1.54, 1.807) is 6.92 Å². The second-order valence-electron chi connectivity index (χ2n) is 3.63. The predicted molar refractivity (Wildman–Crippen MR) is 53.9 cm³/mol. The van der Waals surface area contributed by atoms with Gasteiger partial charge in [-0.3, -0.25) is 9.59 Å². The van der Waals surface area contributed by atoms with Crippen molar-refractivity contribution in [3.63, 3.8) is 0 Å². The first kappa shape index (κ1) is 12.9. The molecule has 0 saturated heterocycles. The lowest BCUT2D eigenvalue weighted by Gasteiger charge is -2.11. The standard InChI is InChI=1S/C10H19NO3/c1-4-7(2)9(12)11-6-5-8(3)10(13)14/h7-8H,4-6H2,1-3H3,(H,11,12)(H,13,14). The van der Waals surface area contributed by atoms with Gasteiger partial charge in [0.1, 0.15) is 0 Å². The third kappa shape index (κ3) is 4.84. The minimum absolute atomic E-state index is 0.00471. The molecule has 4 heteroatoms. The van der Waals surface area contributed by atoms with E-state index < -0.39 is 11.9 Å². The average molecular weight is 201 g/mol. The fraction of sp³-hybridized carbons (Fsp3) is 0.800. The molecule has 2 atom stereocenters. The molecule has 0 heterocycles. The van der Waals surface area contributed by atoms with Crippen LogP contribution in [0, 0.1) is 11.8 Å². The SMILES string of the molecule is CCC(C)C(=O)NCCC(C)C(=O)O. The molecule has 0 aromatic rings. The molecular formula is C10H19NO3. The number of carbonyl (C=O) groups excluding carboxylic acids is 1. The molecule has 0 radical (unpaired) electrons. The summed E-state index contributed by atoms with van der Waals surface area (Å²) >= 11 is 0. The summed E-state index contributed by atoms with van der Waals surface area (Å²) in [5.41, 5.74) is 0. The summed E-state index contributed by atoms with van der Waals surface area (Å²) < 4.78 is 0. The monoisotopic (exact) mass is 201 g/mol. The molecule has 0 saturated carbocycles. The number of carbonyl (C=O) groups is 2. The summed E-state index contributed by atoms with van der Waals surface area (Å²) in [6.07, 6.45) is 1.29. The molecule has 0 bridgehead atoms. The molecule has 14 heavy (non-hydrogen) atoms. The second-order valence-corrected chi connectivity index (χ2v) is 3.63. The van der Waals surface area contributed by atoms with Gasteiger partial charge in [-0.05, 0) is 12.8 Å². The maximum absolute atomic E-state index is 11.3. The maximum atomic E-state index is 11.3. The van der Waals surface area contributed by atoms with Crippen LogP contribution >= 0.6 is 0 Å². The average Bonchev–Trinajstić information content (AvgIpc) is 2.15. The van der Waals surface area contributed by atoms with E-state index in [0.29, 0.717) is 13.0 Å². The zero-order valence-electron chi connectivity index (χ0n) is 9.04. The van der Waals surface area contributed by atoms with Crippen molar-refractivity contribution in [1.82, 2.24) is 5.32 Å².